The molecule has 1 atom stereocenters. The number of carbonyl (C=O) groups excluding carboxylic acids is 1. The minimum Gasteiger partial charge on any atom is -0.447 e. The van der Waals surface area contributed by atoms with Gasteiger partial charge in [-0.2, -0.15) is 26.3 Å². The zero-order chi connectivity index (χ0) is 14.8. The van der Waals surface area contributed by atoms with Gasteiger partial charge < -0.3 is 4.74 Å². The lowest BCUT2D eigenvalue weighted by molar-refractivity contribution is -0.298. The fourth-order valence-electron chi connectivity index (χ4n) is 0.802. The maximum Gasteiger partial charge on any atom is 0.420 e. The first-order valence-electron chi connectivity index (χ1n) is 4.97. The molecule has 1 amide bonds. The van der Waals surface area contributed by atoms with Crippen LogP contribution in [0, 0.1) is 0 Å². The number of nitrogens with one attached hydrogen (secondary N) is 1. The van der Waals surface area contributed by atoms with Crippen molar-refractivity contribution in [2.45, 2.75) is 51.2 Å². The standard InChI is InChI=1S/C9H13F6NO2/c1-4-5(2)18-6(17)16-7(3,8(10,11)12)9(13,14)15/h5H,4H2,1-3H3,(H,16,17)/t5-/m1/s1. The lowest BCUT2D eigenvalue weighted by Gasteiger charge is -2.34. The van der Waals surface area contributed by atoms with Crippen LogP contribution in [-0.4, -0.2) is 30.1 Å². The highest BCUT2D eigenvalue weighted by molar-refractivity contribution is 5.68. The Labute approximate surface area is 99.5 Å². The number of hydrogen-bond acceptors (Lipinski definition) is 2. The number of ether oxygens (including phenoxy) is 1. The Kier molecular flexibility index (Phi) is 4.90. The highest BCUT2D eigenvalue weighted by Gasteiger charge is 2.69. The van der Waals surface area contributed by atoms with Crippen molar-refractivity contribution >= 4 is 6.09 Å². The second-order valence-electron chi connectivity index (χ2n) is 3.87. The van der Waals surface area contributed by atoms with Crippen LogP contribution in [0.2, 0.25) is 0 Å². The molecule has 108 valence electrons. The Balaban J connectivity index is 5.01. The Hall–Kier alpha value is -1.15. The molecule has 9 heteroatoms. The van der Waals surface area contributed by atoms with Gasteiger partial charge in [-0.1, -0.05) is 6.92 Å². The van der Waals surface area contributed by atoms with Gasteiger partial charge >= 0.3 is 18.4 Å². The maximum absolute atomic E-state index is 12.4. The lowest BCUT2D eigenvalue weighted by Crippen LogP contribution is -2.65. The van der Waals surface area contributed by atoms with E-state index in [0.29, 0.717) is 0 Å². The summed E-state index contributed by atoms with van der Waals surface area (Å²) in [6.45, 7) is 2.74. The highest BCUT2D eigenvalue weighted by Crippen LogP contribution is 2.42. The second-order valence-corrected chi connectivity index (χ2v) is 3.87. The number of hydrogen-bond donors (Lipinski definition) is 1. The van der Waals surface area contributed by atoms with E-state index in [2.05, 4.69) is 4.74 Å². The summed E-state index contributed by atoms with van der Waals surface area (Å²) in [6, 6.07) is 0. The normalized spacial score (nSPS) is 15.2. The number of carbonyl (C=O) groups is 1. The van der Waals surface area contributed by atoms with E-state index in [1.54, 1.807) is 6.92 Å². The lowest BCUT2D eigenvalue weighted by atomic mass is 10.0. The van der Waals surface area contributed by atoms with Crippen LogP contribution in [0.5, 0.6) is 0 Å². The van der Waals surface area contributed by atoms with E-state index in [-0.39, 0.29) is 13.3 Å². The minimum absolute atomic E-state index is 0.162. The zero-order valence-corrected chi connectivity index (χ0v) is 9.87. The molecule has 0 aliphatic heterocycles. The van der Waals surface area contributed by atoms with Crippen molar-refractivity contribution in [2.75, 3.05) is 0 Å². The molecule has 0 fully saturated rings. The number of rotatable bonds is 3. The van der Waals surface area contributed by atoms with E-state index in [0.717, 1.165) is 5.32 Å². The van der Waals surface area contributed by atoms with Crippen molar-refractivity contribution in [1.29, 1.82) is 0 Å². The van der Waals surface area contributed by atoms with E-state index in [1.807, 2.05) is 0 Å². The first-order chi connectivity index (χ1) is 7.85. The van der Waals surface area contributed by atoms with Gasteiger partial charge in [-0.25, -0.2) is 4.79 Å². The van der Waals surface area contributed by atoms with E-state index < -0.39 is 30.1 Å². The van der Waals surface area contributed by atoms with Gasteiger partial charge in [0.1, 0.15) is 6.10 Å². The summed E-state index contributed by atoms with van der Waals surface area (Å²) >= 11 is 0. The van der Waals surface area contributed by atoms with Crippen LogP contribution >= 0.6 is 0 Å². The molecule has 0 aromatic rings. The van der Waals surface area contributed by atoms with Crippen molar-refractivity contribution in [3.8, 4) is 0 Å². The average Bonchev–Trinajstić information content (AvgIpc) is 2.13. The number of alkyl halides is 6. The predicted molar refractivity (Wildman–Crippen MR) is 49.9 cm³/mol. The number of alkyl carbamates (subject to hydrolysis) is 1. The quantitative estimate of drug-likeness (QED) is 0.805. The van der Waals surface area contributed by atoms with Crippen molar-refractivity contribution in [3.63, 3.8) is 0 Å². The molecule has 1 N–H and O–H groups in total. The molecule has 0 heterocycles. The summed E-state index contributed by atoms with van der Waals surface area (Å²) in [6.07, 6.45) is -13.6. The molecule has 3 nitrogen and oxygen atoms in total. The molecular formula is C9H13F6NO2. The van der Waals surface area contributed by atoms with Crippen molar-refractivity contribution in [2.24, 2.45) is 0 Å². The molecule has 0 aromatic carbocycles. The number of amides is 1. The molecule has 0 saturated heterocycles. The number of halogens is 6. The van der Waals surface area contributed by atoms with Gasteiger partial charge in [0.2, 0.25) is 5.54 Å². The third-order valence-electron chi connectivity index (χ3n) is 2.37. The van der Waals surface area contributed by atoms with Crippen LogP contribution in [0.25, 0.3) is 0 Å². The average molecular weight is 281 g/mol. The first kappa shape index (κ1) is 16.9. The second kappa shape index (κ2) is 5.23. The van der Waals surface area contributed by atoms with E-state index >= 15 is 0 Å². The van der Waals surface area contributed by atoms with Crippen LogP contribution in [-0.2, 0) is 4.74 Å². The third kappa shape index (κ3) is 3.67. The molecule has 0 bridgehead atoms. The molecule has 0 radical (unpaired) electrons. The summed E-state index contributed by atoms with van der Waals surface area (Å²) < 4.78 is 78.7. The Morgan fingerprint density at radius 3 is 1.83 bits per heavy atom. The smallest absolute Gasteiger partial charge is 0.420 e. The van der Waals surface area contributed by atoms with Crippen LogP contribution in [0.15, 0.2) is 0 Å². The maximum atomic E-state index is 12.4. The minimum atomic E-state index is -5.68. The summed E-state index contributed by atoms with van der Waals surface area (Å²) in [7, 11) is 0. The van der Waals surface area contributed by atoms with Gasteiger partial charge in [0.25, 0.3) is 0 Å². The van der Waals surface area contributed by atoms with Gasteiger partial charge in [0.05, 0.1) is 0 Å². The molecule has 0 aliphatic rings. The Bertz CT molecular complexity index is 284. The third-order valence-corrected chi connectivity index (χ3v) is 2.37. The summed E-state index contributed by atoms with van der Waals surface area (Å²) in [5, 5.41) is 0.827. The largest absolute Gasteiger partial charge is 0.447 e. The Morgan fingerprint density at radius 2 is 1.56 bits per heavy atom. The van der Waals surface area contributed by atoms with Crippen LogP contribution in [0.3, 0.4) is 0 Å². The first-order valence-corrected chi connectivity index (χ1v) is 4.97. The molecular weight excluding hydrogens is 268 g/mol. The summed E-state index contributed by atoms with van der Waals surface area (Å²) in [4.78, 5) is 11.0. The SMILES string of the molecule is CC[C@@H](C)OC(=O)NC(C)(C(F)(F)F)C(F)(F)F. The van der Waals surface area contributed by atoms with Gasteiger partial charge in [-0.05, 0) is 20.3 Å². The predicted octanol–water partition coefficient (Wildman–Crippen LogP) is 3.39. The van der Waals surface area contributed by atoms with E-state index in [1.165, 1.54) is 6.92 Å². The van der Waals surface area contributed by atoms with Crippen LogP contribution in [0.1, 0.15) is 27.2 Å². The van der Waals surface area contributed by atoms with Crippen LogP contribution < -0.4 is 5.32 Å². The molecule has 18 heavy (non-hydrogen) atoms. The van der Waals surface area contributed by atoms with E-state index in [9.17, 15) is 31.1 Å². The van der Waals surface area contributed by atoms with Gasteiger partial charge in [-0.3, -0.25) is 5.32 Å². The molecule has 0 spiro atoms. The van der Waals surface area contributed by atoms with Crippen LogP contribution in [0.4, 0.5) is 31.1 Å². The summed E-state index contributed by atoms with van der Waals surface area (Å²) in [5.74, 6) is 0. The molecule has 0 aromatic heterocycles. The summed E-state index contributed by atoms with van der Waals surface area (Å²) in [5.41, 5.74) is -4.34. The van der Waals surface area contributed by atoms with Crippen molar-refractivity contribution in [3.05, 3.63) is 0 Å². The van der Waals surface area contributed by atoms with Gasteiger partial charge in [-0.15, -0.1) is 0 Å². The van der Waals surface area contributed by atoms with Gasteiger partial charge in [0.15, 0.2) is 0 Å². The Morgan fingerprint density at radius 1 is 1.17 bits per heavy atom. The fourth-order valence-corrected chi connectivity index (χ4v) is 0.802. The molecule has 0 aliphatic carbocycles. The molecule has 0 unspecified atom stereocenters. The van der Waals surface area contributed by atoms with Gasteiger partial charge in [0, 0.05) is 0 Å². The van der Waals surface area contributed by atoms with E-state index in [4.69, 9.17) is 0 Å². The zero-order valence-electron chi connectivity index (χ0n) is 9.87. The fraction of sp³-hybridized carbons (Fsp3) is 0.889. The molecule has 0 saturated carbocycles. The monoisotopic (exact) mass is 281 g/mol. The highest BCUT2D eigenvalue weighted by atomic mass is 19.4. The van der Waals surface area contributed by atoms with Crippen molar-refractivity contribution < 1.29 is 35.9 Å². The van der Waals surface area contributed by atoms with Crippen molar-refractivity contribution in [1.82, 2.24) is 5.32 Å². The topological polar surface area (TPSA) is 38.3 Å². The molecule has 0 rings (SSSR count).